The summed E-state index contributed by atoms with van der Waals surface area (Å²) in [5.74, 6) is -0.449. The van der Waals surface area contributed by atoms with Gasteiger partial charge in [-0.25, -0.2) is 0 Å². The van der Waals surface area contributed by atoms with Crippen LogP contribution in [0.4, 0.5) is 0 Å². The second-order valence-corrected chi connectivity index (χ2v) is 4.77. The van der Waals surface area contributed by atoms with Gasteiger partial charge in [-0.2, -0.15) is 0 Å². The molecule has 0 spiro atoms. The summed E-state index contributed by atoms with van der Waals surface area (Å²) in [5, 5.41) is 0. The fourth-order valence-corrected chi connectivity index (χ4v) is 1.97. The minimum Gasteiger partial charge on any atom is -0.460 e. The van der Waals surface area contributed by atoms with Crippen LogP contribution in [0.5, 0.6) is 0 Å². The highest BCUT2D eigenvalue weighted by atomic mass is 16.5. The third-order valence-electron chi connectivity index (χ3n) is 3.07. The zero-order valence-corrected chi connectivity index (χ0v) is 11.6. The lowest BCUT2D eigenvalue weighted by Gasteiger charge is -2.12. The lowest BCUT2D eigenvalue weighted by molar-refractivity contribution is -0.146. The molecule has 4 nitrogen and oxygen atoms in total. The van der Waals surface area contributed by atoms with Crippen LogP contribution in [0, 0.1) is 0 Å². The molecule has 1 unspecified atom stereocenters. The van der Waals surface area contributed by atoms with Gasteiger partial charge in [-0.15, -0.1) is 0 Å². The van der Waals surface area contributed by atoms with Crippen LogP contribution in [0.25, 0.3) is 0 Å². The third-order valence-corrected chi connectivity index (χ3v) is 3.07. The van der Waals surface area contributed by atoms with Gasteiger partial charge >= 0.3 is 5.97 Å². The summed E-state index contributed by atoms with van der Waals surface area (Å²) in [4.78, 5) is 22.6. The first-order valence-electron chi connectivity index (χ1n) is 6.69. The zero-order chi connectivity index (χ0) is 15.1. The molecule has 2 N–H and O–H groups in total. The SMILES string of the molecule is NC(Cc1cccc(C=O)c1)C(=O)OCc1ccccc1. The Morgan fingerprint density at radius 2 is 1.81 bits per heavy atom. The van der Waals surface area contributed by atoms with Crippen LogP contribution in [0.3, 0.4) is 0 Å². The van der Waals surface area contributed by atoms with Crippen LogP contribution in [0.1, 0.15) is 21.5 Å². The van der Waals surface area contributed by atoms with E-state index in [1.54, 1.807) is 18.2 Å². The summed E-state index contributed by atoms with van der Waals surface area (Å²) in [6.07, 6.45) is 1.11. The molecule has 4 heteroatoms. The van der Waals surface area contributed by atoms with E-state index < -0.39 is 12.0 Å². The lowest BCUT2D eigenvalue weighted by Crippen LogP contribution is -2.34. The van der Waals surface area contributed by atoms with Crippen molar-refractivity contribution in [2.24, 2.45) is 5.73 Å². The number of ether oxygens (including phenoxy) is 1. The molecular weight excluding hydrogens is 266 g/mol. The number of nitrogens with two attached hydrogens (primary N) is 1. The van der Waals surface area contributed by atoms with Gasteiger partial charge in [-0.1, -0.05) is 48.5 Å². The molecule has 2 aromatic carbocycles. The Morgan fingerprint density at radius 3 is 2.52 bits per heavy atom. The van der Waals surface area contributed by atoms with Crippen LogP contribution in [0.15, 0.2) is 54.6 Å². The van der Waals surface area contributed by atoms with Crippen molar-refractivity contribution >= 4 is 12.3 Å². The van der Waals surface area contributed by atoms with E-state index in [-0.39, 0.29) is 6.61 Å². The molecule has 2 aromatic rings. The maximum atomic E-state index is 11.9. The largest absolute Gasteiger partial charge is 0.460 e. The Hall–Kier alpha value is -2.46. The predicted octanol–water partition coefficient (Wildman–Crippen LogP) is 2.11. The monoisotopic (exact) mass is 283 g/mol. The Kier molecular flexibility index (Phi) is 5.23. The topological polar surface area (TPSA) is 69.4 Å². The van der Waals surface area contributed by atoms with Gasteiger partial charge < -0.3 is 10.5 Å². The highest BCUT2D eigenvalue weighted by Crippen LogP contribution is 2.07. The van der Waals surface area contributed by atoms with Gasteiger partial charge in [0.15, 0.2) is 0 Å². The van der Waals surface area contributed by atoms with Crippen molar-refractivity contribution < 1.29 is 14.3 Å². The van der Waals surface area contributed by atoms with E-state index in [2.05, 4.69) is 0 Å². The van der Waals surface area contributed by atoms with Gasteiger partial charge in [0.05, 0.1) is 0 Å². The Balaban J connectivity index is 1.88. The van der Waals surface area contributed by atoms with Gasteiger partial charge in [-0.05, 0) is 23.6 Å². The Bertz CT molecular complexity index is 610. The van der Waals surface area contributed by atoms with Crippen LogP contribution >= 0.6 is 0 Å². The van der Waals surface area contributed by atoms with Crippen LogP contribution in [-0.4, -0.2) is 18.3 Å². The number of benzene rings is 2. The van der Waals surface area contributed by atoms with E-state index in [1.807, 2.05) is 36.4 Å². The van der Waals surface area contributed by atoms with Gasteiger partial charge in [0.1, 0.15) is 18.9 Å². The smallest absolute Gasteiger partial charge is 0.323 e. The number of hydrogen-bond acceptors (Lipinski definition) is 4. The first kappa shape index (κ1) is 14.9. The maximum absolute atomic E-state index is 11.9. The molecular formula is C17H17NO3. The first-order chi connectivity index (χ1) is 10.2. The van der Waals surface area contributed by atoms with Crippen molar-refractivity contribution in [1.82, 2.24) is 0 Å². The zero-order valence-electron chi connectivity index (χ0n) is 11.6. The van der Waals surface area contributed by atoms with Crippen molar-refractivity contribution in [3.05, 3.63) is 71.3 Å². The summed E-state index contributed by atoms with van der Waals surface area (Å²) in [5.41, 5.74) is 8.16. The van der Waals surface area contributed by atoms with E-state index in [0.29, 0.717) is 12.0 Å². The first-order valence-corrected chi connectivity index (χ1v) is 6.69. The molecule has 0 saturated carbocycles. The summed E-state index contributed by atoms with van der Waals surface area (Å²) < 4.78 is 5.19. The Morgan fingerprint density at radius 1 is 1.10 bits per heavy atom. The molecule has 0 aliphatic rings. The highest BCUT2D eigenvalue weighted by Gasteiger charge is 2.15. The number of rotatable bonds is 6. The molecule has 0 bridgehead atoms. The normalized spacial score (nSPS) is 11.7. The van der Waals surface area contributed by atoms with Crippen LogP contribution in [0.2, 0.25) is 0 Å². The van der Waals surface area contributed by atoms with Crippen molar-refractivity contribution in [2.75, 3.05) is 0 Å². The maximum Gasteiger partial charge on any atom is 0.323 e. The lowest BCUT2D eigenvalue weighted by atomic mass is 10.0. The van der Waals surface area contributed by atoms with Gasteiger partial charge in [0.25, 0.3) is 0 Å². The number of carbonyl (C=O) groups is 2. The number of aldehydes is 1. The van der Waals surface area contributed by atoms with E-state index in [9.17, 15) is 9.59 Å². The molecule has 0 amide bonds. The molecule has 108 valence electrons. The molecule has 0 saturated heterocycles. The quantitative estimate of drug-likeness (QED) is 0.651. The predicted molar refractivity (Wildman–Crippen MR) is 79.7 cm³/mol. The number of hydrogen-bond donors (Lipinski definition) is 1. The molecule has 0 fully saturated rings. The van der Waals surface area contributed by atoms with E-state index in [4.69, 9.17) is 10.5 Å². The molecule has 0 heterocycles. The van der Waals surface area contributed by atoms with Crippen molar-refractivity contribution in [1.29, 1.82) is 0 Å². The Labute approximate surface area is 123 Å². The molecule has 0 aliphatic carbocycles. The minimum atomic E-state index is -0.740. The number of carbonyl (C=O) groups excluding carboxylic acids is 2. The standard InChI is InChI=1S/C17H17NO3/c18-16(10-14-7-4-8-15(9-14)11-19)17(20)21-12-13-5-2-1-3-6-13/h1-9,11,16H,10,12,18H2. The van der Waals surface area contributed by atoms with Gasteiger partial charge in [-0.3, -0.25) is 9.59 Å². The van der Waals surface area contributed by atoms with Crippen LogP contribution in [-0.2, 0) is 22.6 Å². The molecule has 0 radical (unpaired) electrons. The average Bonchev–Trinajstić information content (AvgIpc) is 2.53. The number of esters is 1. The average molecular weight is 283 g/mol. The van der Waals surface area contributed by atoms with E-state index in [0.717, 1.165) is 17.4 Å². The summed E-state index contributed by atoms with van der Waals surface area (Å²) in [6, 6.07) is 15.7. The molecule has 0 aromatic heterocycles. The fourth-order valence-electron chi connectivity index (χ4n) is 1.97. The van der Waals surface area contributed by atoms with Gasteiger partial charge in [0, 0.05) is 5.56 Å². The second kappa shape index (κ2) is 7.36. The minimum absolute atomic E-state index is 0.210. The van der Waals surface area contributed by atoms with Crippen molar-refractivity contribution in [2.45, 2.75) is 19.1 Å². The third kappa shape index (κ3) is 4.54. The molecule has 0 aliphatic heterocycles. The second-order valence-electron chi connectivity index (χ2n) is 4.77. The highest BCUT2D eigenvalue weighted by molar-refractivity contribution is 5.77. The van der Waals surface area contributed by atoms with Crippen molar-refractivity contribution in [3.8, 4) is 0 Å². The van der Waals surface area contributed by atoms with E-state index >= 15 is 0 Å². The van der Waals surface area contributed by atoms with Crippen LogP contribution < -0.4 is 5.73 Å². The summed E-state index contributed by atoms with van der Waals surface area (Å²) >= 11 is 0. The van der Waals surface area contributed by atoms with E-state index in [1.165, 1.54) is 0 Å². The molecule has 21 heavy (non-hydrogen) atoms. The fraction of sp³-hybridized carbons (Fsp3) is 0.176. The summed E-state index contributed by atoms with van der Waals surface area (Å²) in [7, 11) is 0. The molecule has 2 rings (SSSR count). The molecule has 1 atom stereocenters. The van der Waals surface area contributed by atoms with Gasteiger partial charge in [0.2, 0.25) is 0 Å². The summed E-state index contributed by atoms with van der Waals surface area (Å²) in [6.45, 7) is 0.210. The van der Waals surface area contributed by atoms with Crippen molar-refractivity contribution in [3.63, 3.8) is 0 Å².